The van der Waals surface area contributed by atoms with Gasteiger partial charge in [0.25, 0.3) is 0 Å². The molecule has 0 fully saturated rings. The highest BCUT2D eigenvalue weighted by Crippen LogP contribution is 2.29. The molecule has 2 aromatic carbocycles. The van der Waals surface area contributed by atoms with Crippen LogP contribution in [0, 0.1) is 0 Å². The van der Waals surface area contributed by atoms with Crippen LogP contribution in [0.15, 0.2) is 69.1 Å². The first-order chi connectivity index (χ1) is 11.2. The molecule has 0 radical (unpaired) electrons. The van der Waals surface area contributed by atoms with E-state index in [0.717, 1.165) is 40.8 Å². The Bertz CT molecular complexity index is 685. The van der Waals surface area contributed by atoms with Gasteiger partial charge in [0.05, 0.1) is 4.47 Å². The first-order valence-corrected chi connectivity index (χ1v) is 9.31. The minimum Gasteiger partial charge on any atom is -0.488 e. The summed E-state index contributed by atoms with van der Waals surface area (Å²) in [7, 11) is 0. The third kappa shape index (κ3) is 4.93. The van der Waals surface area contributed by atoms with Crippen LogP contribution in [0.2, 0.25) is 0 Å². The normalized spacial score (nSPS) is 15.3. The Balaban J connectivity index is 1.52. The molecule has 0 unspecified atom stereocenters. The largest absolute Gasteiger partial charge is 0.488 e. The first kappa shape index (κ1) is 16.7. The molecule has 1 aliphatic rings. The Kier molecular flexibility index (Phi) is 5.92. The van der Waals surface area contributed by atoms with E-state index in [1.807, 2.05) is 18.2 Å². The van der Waals surface area contributed by atoms with E-state index in [1.54, 1.807) is 0 Å². The number of hydrogen-bond acceptors (Lipinski definition) is 2. The molecule has 0 saturated heterocycles. The Labute approximate surface area is 154 Å². The monoisotopic (exact) mass is 435 g/mol. The second-order valence-electron chi connectivity index (χ2n) is 5.70. The predicted octanol–water partition coefficient (Wildman–Crippen LogP) is 5.42. The third-order valence-electron chi connectivity index (χ3n) is 3.94. The van der Waals surface area contributed by atoms with Gasteiger partial charge in [0.1, 0.15) is 12.4 Å². The Morgan fingerprint density at radius 2 is 1.87 bits per heavy atom. The van der Waals surface area contributed by atoms with Gasteiger partial charge in [-0.05, 0) is 51.7 Å². The zero-order valence-electron chi connectivity index (χ0n) is 12.8. The molecule has 3 rings (SSSR count). The van der Waals surface area contributed by atoms with Crippen LogP contribution in [0.1, 0.15) is 12.0 Å². The number of nitrogens with zero attached hydrogens (tertiary/aromatic N) is 1. The van der Waals surface area contributed by atoms with Crippen molar-refractivity contribution in [3.05, 3.63) is 74.7 Å². The van der Waals surface area contributed by atoms with Crippen LogP contribution in [0.3, 0.4) is 0 Å². The topological polar surface area (TPSA) is 12.5 Å². The van der Waals surface area contributed by atoms with E-state index < -0.39 is 0 Å². The lowest BCUT2D eigenvalue weighted by atomic mass is 10.1. The van der Waals surface area contributed by atoms with Gasteiger partial charge in [0, 0.05) is 24.1 Å². The quantitative estimate of drug-likeness (QED) is 0.580. The highest BCUT2D eigenvalue weighted by atomic mass is 79.9. The predicted molar refractivity (Wildman–Crippen MR) is 102 cm³/mol. The fourth-order valence-electron chi connectivity index (χ4n) is 2.63. The molecule has 2 aromatic rings. The molecule has 2 nitrogen and oxygen atoms in total. The van der Waals surface area contributed by atoms with Gasteiger partial charge in [-0.2, -0.15) is 0 Å². The molecule has 0 saturated carbocycles. The summed E-state index contributed by atoms with van der Waals surface area (Å²) in [6.45, 7) is 3.76. The van der Waals surface area contributed by atoms with Crippen molar-refractivity contribution in [1.82, 2.24) is 4.90 Å². The molecule has 0 bridgehead atoms. The Morgan fingerprint density at radius 1 is 1.04 bits per heavy atom. The minimum atomic E-state index is 0.661. The van der Waals surface area contributed by atoms with Crippen molar-refractivity contribution in [1.29, 1.82) is 0 Å². The second kappa shape index (κ2) is 8.13. The van der Waals surface area contributed by atoms with Gasteiger partial charge >= 0.3 is 0 Å². The Hall–Kier alpha value is -1.10. The first-order valence-electron chi connectivity index (χ1n) is 7.73. The number of hydrogen-bond donors (Lipinski definition) is 0. The van der Waals surface area contributed by atoms with Gasteiger partial charge < -0.3 is 4.74 Å². The molecule has 120 valence electrons. The van der Waals surface area contributed by atoms with E-state index in [1.165, 1.54) is 11.1 Å². The van der Waals surface area contributed by atoms with E-state index in [9.17, 15) is 0 Å². The molecule has 0 atom stereocenters. The molecule has 0 aliphatic carbocycles. The summed E-state index contributed by atoms with van der Waals surface area (Å²) in [6.07, 6.45) is 3.37. The van der Waals surface area contributed by atoms with Crippen molar-refractivity contribution in [3.63, 3.8) is 0 Å². The molecule has 0 spiro atoms. The highest BCUT2D eigenvalue weighted by molar-refractivity contribution is 9.11. The van der Waals surface area contributed by atoms with E-state index in [-0.39, 0.29) is 0 Å². The van der Waals surface area contributed by atoms with Crippen molar-refractivity contribution >= 4 is 31.9 Å². The number of benzene rings is 2. The minimum absolute atomic E-state index is 0.661. The van der Waals surface area contributed by atoms with Crippen molar-refractivity contribution in [2.75, 3.05) is 19.7 Å². The molecule has 1 aliphatic heterocycles. The van der Waals surface area contributed by atoms with Crippen molar-refractivity contribution in [3.8, 4) is 5.75 Å². The number of rotatable bonds is 5. The zero-order chi connectivity index (χ0) is 16.1. The van der Waals surface area contributed by atoms with Crippen molar-refractivity contribution in [2.45, 2.75) is 13.0 Å². The van der Waals surface area contributed by atoms with E-state index in [0.29, 0.717) is 6.61 Å². The summed E-state index contributed by atoms with van der Waals surface area (Å²) >= 11 is 7.01. The highest BCUT2D eigenvalue weighted by Gasteiger charge is 2.13. The molecule has 0 amide bonds. The lowest BCUT2D eigenvalue weighted by molar-refractivity contribution is 0.270. The van der Waals surface area contributed by atoms with Crippen molar-refractivity contribution < 1.29 is 4.74 Å². The van der Waals surface area contributed by atoms with Crippen LogP contribution in [0.4, 0.5) is 0 Å². The third-order valence-corrected chi connectivity index (χ3v) is 5.09. The fraction of sp³-hybridized carbons (Fsp3) is 0.263. The van der Waals surface area contributed by atoms with Crippen LogP contribution in [0.5, 0.6) is 5.75 Å². The van der Waals surface area contributed by atoms with Gasteiger partial charge in [-0.3, -0.25) is 4.90 Å². The average Bonchev–Trinajstić information content (AvgIpc) is 2.58. The van der Waals surface area contributed by atoms with Crippen molar-refractivity contribution in [2.24, 2.45) is 0 Å². The summed E-state index contributed by atoms with van der Waals surface area (Å²) in [5, 5.41) is 0. The number of ether oxygens (including phenoxy) is 1. The van der Waals surface area contributed by atoms with Crippen LogP contribution in [-0.4, -0.2) is 24.6 Å². The van der Waals surface area contributed by atoms with Gasteiger partial charge in [-0.15, -0.1) is 0 Å². The molecule has 0 N–H and O–H groups in total. The van der Waals surface area contributed by atoms with Crippen LogP contribution in [-0.2, 0) is 6.54 Å². The lowest BCUT2D eigenvalue weighted by Gasteiger charge is -2.26. The van der Waals surface area contributed by atoms with E-state index in [4.69, 9.17) is 4.74 Å². The number of halogens is 2. The Morgan fingerprint density at radius 3 is 2.61 bits per heavy atom. The van der Waals surface area contributed by atoms with Crippen LogP contribution in [0.25, 0.3) is 0 Å². The standard InChI is InChI=1S/C19H19Br2NO/c20-17-6-7-18(21)19(12-17)23-14-16-8-10-22(11-9-16)13-15-4-2-1-3-5-15/h1-8,12H,9-11,13-14H2. The molecular formula is C19H19Br2NO. The summed E-state index contributed by atoms with van der Waals surface area (Å²) < 4.78 is 7.97. The van der Waals surface area contributed by atoms with Crippen LogP contribution >= 0.6 is 31.9 Å². The maximum absolute atomic E-state index is 5.95. The summed E-state index contributed by atoms with van der Waals surface area (Å²) in [5.74, 6) is 0.881. The van der Waals surface area contributed by atoms with E-state index in [2.05, 4.69) is 73.2 Å². The van der Waals surface area contributed by atoms with Crippen LogP contribution < -0.4 is 4.74 Å². The van der Waals surface area contributed by atoms with Gasteiger partial charge in [-0.1, -0.05) is 52.3 Å². The fourth-order valence-corrected chi connectivity index (χ4v) is 3.33. The van der Waals surface area contributed by atoms with Gasteiger partial charge in [0.2, 0.25) is 0 Å². The summed E-state index contributed by atoms with van der Waals surface area (Å²) in [5.41, 5.74) is 2.75. The lowest BCUT2D eigenvalue weighted by Crippen LogP contribution is -2.29. The SMILES string of the molecule is Brc1ccc(Br)c(OCC2=CCN(Cc3ccccc3)CC2)c1. The van der Waals surface area contributed by atoms with Gasteiger partial charge in [-0.25, -0.2) is 0 Å². The zero-order valence-corrected chi connectivity index (χ0v) is 16.0. The summed E-state index contributed by atoms with van der Waals surface area (Å²) in [6, 6.07) is 16.6. The van der Waals surface area contributed by atoms with E-state index >= 15 is 0 Å². The average molecular weight is 437 g/mol. The molecule has 23 heavy (non-hydrogen) atoms. The molecule has 4 heteroatoms. The maximum Gasteiger partial charge on any atom is 0.135 e. The molecule has 0 aromatic heterocycles. The maximum atomic E-state index is 5.95. The summed E-state index contributed by atoms with van der Waals surface area (Å²) in [4.78, 5) is 2.47. The second-order valence-corrected chi connectivity index (χ2v) is 7.47. The molecular weight excluding hydrogens is 418 g/mol. The smallest absolute Gasteiger partial charge is 0.135 e. The van der Waals surface area contributed by atoms with Gasteiger partial charge in [0.15, 0.2) is 0 Å². The molecule has 1 heterocycles.